The monoisotopic (exact) mass is 290 g/mol. The number of hydrogen-bond acceptors (Lipinski definition) is 4. The molecule has 3 rings (SSSR count). The Morgan fingerprint density at radius 3 is 2.90 bits per heavy atom. The molecule has 0 aromatic heterocycles. The Morgan fingerprint density at radius 2 is 2.14 bits per heavy atom. The van der Waals surface area contributed by atoms with Gasteiger partial charge in [-0.15, -0.1) is 0 Å². The predicted octanol–water partition coefficient (Wildman–Crippen LogP) is 1.56. The molecule has 2 N–H and O–H groups in total. The lowest BCUT2D eigenvalue weighted by molar-refractivity contribution is -0.0154. The van der Waals surface area contributed by atoms with Crippen LogP contribution in [0.4, 0.5) is 5.69 Å². The Labute approximate surface area is 127 Å². The van der Waals surface area contributed by atoms with E-state index in [9.17, 15) is 5.11 Å². The number of nitrogens with one attached hydrogen (secondary N) is 1. The van der Waals surface area contributed by atoms with E-state index < -0.39 is 0 Å². The molecule has 2 aliphatic heterocycles. The molecule has 1 fully saturated rings. The second kappa shape index (κ2) is 6.34. The molecule has 1 aromatic carbocycles. The van der Waals surface area contributed by atoms with Crippen molar-refractivity contribution in [3.8, 4) is 0 Å². The lowest BCUT2D eigenvalue weighted by Gasteiger charge is -2.35. The number of hydrogen-bond donors (Lipinski definition) is 2. The van der Waals surface area contributed by atoms with Crippen LogP contribution in [0.25, 0.3) is 0 Å². The molecule has 116 valence electrons. The summed E-state index contributed by atoms with van der Waals surface area (Å²) in [6.45, 7) is 4.66. The van der Waals surface area contributed by atoms with E-state index in [0.717, 1.165) is 52.1 Å². The number of aliphatic hydroxyl groups is 1. The largest absolute Gasteiger partial charge is 0.396 e. The Morgan fingerprint density at radius 1 is 1.33 bits per heavy atom. The van der Waals surface area contributed by atoms with Crippen molar-refractivity contribution < 1.29 is 9.84 Å². The van der Waals surface area contributed by atoms with Crippen molar-refractivity contribution >= 4 is 5.69 Å². The van der Waals surface area contributed by atoms with Gasteiger partial charge in [0.1, 0.15) is 0 Å². The zero-order chi connectivity index (χ0) is 14.7. The smallest absolute Gasteiger partial charge is 0.0501 e. The number of ether oxygens (including phenoxy) is 1. The van der Waals surface area contributed by atoms with Gasteiger partial charge in [0.25, 0.3) is 0 Å². The second-order valence-electron chi connectivity index (χ2n) is 6.51. The van der Waals surface area contributed by atoms with Crippen LogP contribution in [0.1, 0.15) is 24.0 Å². The number of fused-ring (bicyclic) bond motifs is 1. The van der Waals surface area contributed by atoms with Crippen LogP contribution in [-0.4, -0.2) is 45.1 Å². The Hall–Kier alpha value is -1.10. The normalized spacial score (nSPS) is 20.6. The number of likely N-dealkylation sites (N-methyl/N-ethyl adjacent to an activating group) is 1. The van der Waals surface area contributed by atoms with E-state index in [-0.39, 0.29) is 12.0 Å². The molecular formula is C17H26N2O2. The van der Waals surface area contributed by atoms with Crippen molar-refractivity contribution in [1.29, 1.82) is 0 Å². The van der Waals surface area contributed by atoms with Gasteiger partial charge in [-0.2, -0.15) is 0 Å². The van der Waals surface area contributed by atoms with Gasteiger partial charge in [0.05, 0.1) is 6.61 Å². The summed E-state index contributed by atoms with van der Waals surface area (Å²) in [5.74, 6) is 0. The van der Waals surface area contributed by atoms with Crippen LogP contribution < -0.4 is 10.2 Å². The van der Waals surface area contributed by atoms with Crippen molar-refractivity contribution in [2.45, 2.75) is 25.8 Å². The van der Waals surface area contributed by atoms with Gasteiger partial charge in [0.15, 0.2) is 0 Å². The summed E-state index contributed by atoms with van der Waals surface area (Å²) in [6.07, 6.45) is 3.05. The summed E-state index contributed by atoms with van der Waals surface area (Å²) >= 11 is 0. The van der Waals surface area contributed by atoms with Crippen LogP contribution >= 0.6 is 0 Å². The lowest BCUT2D eigenvalue weighted by atomic mass is 9.81. The van der Waals surface area contributed by atoms with Crippen molar-refractivity contribution in [1.82, 2.24) is 5.32 Å². The van der Waals surface area contributed by atoms with E-state index >= 15 is 0 Å². The third-order valence-corrected chi connectivity index (χ3v) is 4.99. The van der Waals surface area contributed by atoms with E-state index in [4.69, 9.17) is 4.74 Å². The van der Waals surface area contributed by atoms with Crippen LogP contribution in [0.3, 0.4) is 0 Å². The molecule has 0 radical (unpaired) electrons. The average molecular weight is 290 g/mol. The Balaban J connectivity index is 1.55. The maximum Gasteiger partial charge on any atom is 0.0501 e. The van der Waals surface area contributed by atoms with Crippen molar-refractivity contribution in [3.05, 3.63) is 29.3 Å². The van der Waals surface area contributed by atoms with E-state index in [1.807, 2.05) is 0 Å². The van der Waals surface area contributed by atoms with Gasteiger partial charge in [-0.05, 0) is 36.5 Å². The summed E-state index contributed by atoms with van der Waals surface area (Å²) < 4.78 is 5.41. The van der Waals surface area contributed by atoms with Gasteiger partial charge in [0.2, 0.25) is 0 Å². The minimum atomic E-state index is 0.00912. The van der Waals surface area contributed by atoms with Crippen LogP contribution in [0.15, 0.2) is 18.2 Å². The molecule has 21 heavy (non-hydrogen) atoms. The van der Waals surface area contributed by atoms with Crippen LogP contribution in [0.2, 0.25) is 0 Å². The molecule has 0 amide bonds. The molecule has 0 spiro atoms. The molecule has 0 bridgehead atoms. The molecule has 2 aliphatic rings. The van der Waals surface area contributed by atoms with Crippen molar-refractivity contribution in [2.75, 3.05) is 44.9 Å². The van der Waals surface area contributed by atoms with Crippen molar-refractivity contribution in [2.24, 2.45) is 5.41 Å². The van der Waals surface area contributed by atoms with E-state index in [1.54, 1.807) is 0 Å². The van der Waals surface area contributed by atoms with Gasteiger partial charge < -0.3 is 20.1 Å². The van der Waals surface area contributed by atoms with Crippen LogP contribution in [0.5, 0.6) is 0 Å². The highest BCUT2D eigenvalue weighted by Gasteiger charge is 2.31. The van der Waals surface area contributed by atoms with Crippen LogP contribution in [-0.2, 0) is 17.7 Å². The van der Waals surface area contributed by atoms with Gasteiger partial charge in [-0.25, -0.2) is 0 Å². The van der Waals surface area contributed by atoms with Gasteiger partial charge >= 0.3 is 0 Å². The minimum Gasteiger partial charge on any atom is -0.396 e. The van der Waals surface area contributed by atoms with E-state index in [1.165, 1.54) is 16.8 Å². The molecule has 0 aliphatic carbocycles. The molecule has 4 heteroatoms. The fourth-order valence-corrected chi connectivity index (χ4v) is 3.40. The molecule has 1 saturated heterocycles. The lowest BCUT2D eigenvalue weighted by Crippen LogP contribution is -2.41. The van der Waals surface area contributed by atoms with Gasteiger partial charge in [-0.1, -0.05) is 12.1 Å². The molecule has 0 saturated carbocycles. The number of anilines is 1. The number of rotatable bonds is 5. The summed E-state index contributed by atoms with van der Waals surface area (Å²) in [5.41, 5.74) is 4.17. The first-order valence-electron chi connectivity index (χ1n) is 7.95. The molecule has 4 nitrogen and oxygen atoms in total. The summed E-state index contributed by atoms with van der Waals surface area (Å²) in [5, 5.41) is 13.2. The maximum atomic E-state index is 9.69. The first kappa shape index (κ1) is 14.8. The molecule has 0 atom stereocenters. The molecule has 0 unspecified atom stereocenters. The molecular weight excluding hydrogens is 264 g/mol. The zero-order valence-corrected chi connectivity index (χ0v) is 12.9. The average Bonchev–Trinajstić information content (AvgIpc) is 2.89. The van der Waals surface area contributed by atoms with E-state index in [2.05, 4.69) is 35.5 Å². The van der Waals surface area contributed by atoms with Crippen molar-refractivity contribution in [3.63, 3.8) is 0 Å². The zero-order valence-electron chi connectivity index (χ0n) is 12.9. The highest BCUT2D eigenvalue weighted by atomic mass is 16.5. The second-order valence-corrected chi connectivity index (χ2v) is 6.51. The number of aliphatic hydroxyl groups excluding tert-OH is 1. The summed E-state index contributed by atoms with van der Waals surface area (Å²) in [4.78, 5) is 2.31. The Bertz CT molecular complexity index is 484. The minimum absolute atomic E-state index is 0.00912. The standard InChI is InChI=1S/C17H26N2O2/c1-19-7-4-15-10-14(2-3-16(15)19)11-18-12-17(13-20)5-8-21-9-6-17/h2-3,10,18,20H,4-9,11-13H2,1H3. The third-order valence-electron chi connectivity index (χ3n) is 4.99. The highest BCUT2D eigenvalue weighted by Crippen LogP contribution is 2.30. The SMILES string of the molecule is CN1CCc2cc(CNCC3(CO)CCOCC3)ccc21. The fraction of sp³-hybridized carbons (Fsp3) is 0.647. The first-order valence-corrected chi connectivity index (χ1v) is 7.95. The summed E-state index contributed by atoms with van der Waals surface area (Å²) in [6, 6.07) is 6.76. The predicted molar refractivity (Wildman–Crippen MR) is 84.7 cm³/mol. The first-order chi connectivity index (χ1) is 10.2. The van der Waals surface area contributed by atoms with E-state index in [0.29, 0.717) is 0 Å². The maximum absolute atomic E-state index is 9.69. The number of benzene rings is 1. The topological polar surface area (TPSA) is 44.7 Å². The summed E-state index contributed by atoms with van der Waals surface area (Å²) in [7, 11) is 2.15. The highest BCUT2D eigenvalue weighted by molar-refractivity contribution is 5.58. The van der Waals surface area contributed by atoms with Gasteiger partial charge in [-0.3, -0.25) is 0 Å². The molecule has 1 aromatic rings. The van der Waals surface area contributed by atoms with Crippen LogP contribution in [0, 0.1) is 5.41 Å². The molecule has 2 heterocycles. The number of nitrogens with zero attached hydrogens (tertiary/aromatic N) is 1. The Kier molecular flexibility index (Phi) is 4.48. The third kappa shape index (κ3) is 3.23. The quantitative estimate of drug-likeness (QED) is 0.864. The van der Waals surface area contributed by atoms with Gasteiger partial charge in [0, 0.05) is 51.0 Å². The fourth-order valence-electron chi connectivity index (χ4n) is 3.40.